The van der Waals surface area contributed by atoms with Gasteiger partial charge in [0, 0.05) is 31.4 Å². The smallest absolute Gasteiger partial charge is 0.274 e. The number of nitro groups is 1. The summed E-state index contributed by atoms with van der Waals surface area (Å²) in [6, 6.07) is 11.3. The third-order valence-electron chi connectivity index (χ3n) is 6.40. The number of aryl methyl sites for hydroxylation is 1. The minimum absolute atomic E-state index is 0.259. The van der Waals surface area contributed by atoms with Crippen molar-refractivity contribution in [2.24, 2.45) is 5.41 Å². The van der Waals surface area contributed by atoms with Crippen LogP contribution in [0.5, 0.6) is 0 Å². The van der Waals surface area contributed by atoms with Crippen molar-refractivity contribution >= 4 is 23.2 Å². The molecule has 12 heteroatoms. The Balaban J connectivity index is 0.000000277. The van der Waals surface area contributed by atoms with Gasteiger partial charge in [0.2, 0.25) is 0 Å². The normalized spacial score (nSPS) is 13.2. The third-order valence-corrected chi connectivity index (χ3v) is 6.87. The van der Waals surface area contributed by atoms with E-state index in [4.69, 9.17) is 23.2 Å². The van der Waals surface area contributed by atoms with E-state index in [1.165, 1.54) is 11.9 Å². The van der Waals surface area contributed by atoms with Crippen LogP contribution in [0.4, 0.5) is 0 Å². The predicted octanol–water partition coefficient (Wildman–Crippen LogP) is 5.19. The van der Waals surface area contributed by atoms with Crippen LogP contribution in [0.3, 0.4) is 0 Å². The Kier molecular flexibility index (Phi) is 12.2. The zero-order chi connectivity index (χ0) is 29.1. The first kappa shape index (κ1) is 32.0. The van der Waals surface area contributed by atoms with Crippen molar-refractivity contribution in [3.8, 4) is 0 Å². The average Bonchev–Trinajstić information content (AvgIpc) is 3.39. The maximum atomic E-state index is 11.1. The lowest BCUT2D eigenvalue weighted by molar-refractivity contribution is -0.404. The molecule has 0 radical (unpaired) electrons. The highest BCUT2D eigenvalue weighted by atomic mass is 35.5. The molecule has 0 aliphatic heterocycles. The van der Waals surface area contributed by atoms with E-state index in [1.807, 2.05) is 62.9 Å². The average molecular weight is 579 g/mol. The van der Waals surface area contributed by atoms with E-state index < -0.39 is 10.5 Å². The second-order valence-electron chi connectivity index (χ2n) is 10.1. The van der Waals surface area contributed by atoms with Crippen molar-refractivity contribution in [3.63, 3.8) is 0 Å². The molecule has 0 saturated heterocycles. The maximum Gasteiger partial charge on any atom is 0.274 e. The van der Waals surface area contributed by atoms with Crippen molar-refractivity contribution < 1.29 is 10.0 Å². The second kappa shape index (κ2) is 14.8. The Bertz CT molecular complexity index is 1180. The molecule has 2 aromatic heterocycles. The van der Waals surface area contributed by atoms with Crippen molar-refractivity contribution in [2.45, 2.75) is 59.2 Å². The summed E-state index contributed by atoms with van der Waals surface area (Å²) in [7, 11) is 1.65. The molecule has 0 aliphatic carbocycles. The second-order valence-corrected chi connectivity index (χ2v) is 10.9. The van der Waals surface area contributed by atoms with Gasteiger partial charge in [0.15, 0.2) is 5.82 Å². The number of benzene rings is 1. The minimum atomic E-state index is -0.861. The summed E-state index contributed by atoms with van der Waals surface area (Å²) in [4.78, 5) is 19.8. The van der Waals surface area contributed by atoms with Crippen LogP contribution in [0.15, 0.2) is 67.3 Å². The number of hydrogen-bond acceptors (Lipinski definition) is 8. The fourth-order valence-corrected chi connectivity index (χ4v) is 4.01. The van der Waals surface area contributed by atoms with Gasteiger partial charge in [-0.15, -0.1) is 0 Å². The molecule has 10 nitrogen and oxygen atoms in total. The van der Waals surface area contributed by atoms with Gasteiger partial charge in [-0.3, -0.25) is 14.8 Å². The van der Waals surface area contributed by atoms with Crippen LogP contribution in [0.1, 0.15) is 45.2 Å². The zero-order valence-electron chi connectivity index (χ0n) is 23.0. The Labute approximate surface area is 239 Å². The van der Waals surface area contributed by atoms with Gasteiger partial charge in [-0.05, 0) is 54.5 Å². The summed E-state index contributed by atoms with van der Waals surface area (Å²) < 4.78 is 1.69. The van der Waals surface area contributed by atoms with Gasteiger partial charge in [-0.1, -0.05) is 62.2 Å². The molecule has 3 rings (SSSR count). The molecule has 212 valence electrons. The number of aromatic nitrogens is 4. The largest absolute Gasteiger partial charge is 0.387 e. The highest BCUT2D eigenvalue weighted by Crippen LogP contribution is 2.35. The molecule has 2 N–H and O–H groups in total. The van der Waals surface area contributed by atoms with E-state index in [0.717, 1.165) is 23.2 Å². The first-order valence-corrected chi connectivity index (χ1v) is 13.3. The van der Waals surface area contributed by atoms with Crippen molar-refractivity contribution in [3.05, 3.63) is 98.7 Å². The summed E-state index contributed by atoms with van der Waals surface area (Å²) in [6.07, 6.45) is 7.18. The Morgan fingerprint density at radius 3 is 2.33 bits per heavy atom. The fraction of sp³-hybridized carbons (Fsp3) is 0.444. The molecule has 0 amide bonds. The quantitative estimate of drug-likeness (QED) is 0.181. The van der Waals surface area contributed by atoms with E-state index >= 15 is 0 Å². The van der Waals surface area contributed by atoms with Crippen LogP contribution in [-0.2, 0) is 19.5 Å². The topological polar surface area (TPSA) is 122 Å². The van der Waals surface area contributed by atoms with Gasteiger partial charge < -0.3 is 15.3 Å². The Morgan fingerprint density at radius 2 is 1.85 bits per heavy atom. The first-order chi connectivity index (χ1) is 18.4. The lowest BCUT2D eigenvalue weighted by Crippen LogP contribution is -2.47. The Hall–Kier alpha value is -3.21. The standard InChI is InChI=1S/C16H22ClN3O.C11H15ClN4O2/c1-15(2,3)16(21,10-20-12-18-11-19-20)9-8-13-4-6-14(17)7-5-13;1-3-15(11(13-2)8-16(17)18)7-9-4-5-10(12)14-6-9/h4-7,11-12,21H,8-10H2,1-3H3;4-6,8,13H,3,7H2,1-2H3/b;11-8+. The Morgan fingerprint density at radius 1 is 1.18 bits per heavy atom. The van der Waals surface area contributed by atoms with Crippen molar-refractivity contribution in [2.75, 3.05) is 13.6 Å². The number of halogens is 2. The third kappa shape index (κ3) is 10.5. The number of nitrogens with zero attached hydrogens (tertiary/aromatic N) is 6. The van der Waals surface area contributed by atoms with Gasteiger partial charge in [0.1, 0.15) is 17.8 Å². The van der Waals surface area contributed by atoms with Gasteiger partial charge in [0.05, 0.1) is 17.1 Å². The highest BCUT2D eigenvalue weighted by molar-refractivity contribution is 6.30. The number of hydrogen-bond donors (Lipinski definition) is 2. The number of pyridine rings is 1. The van der Waals surface area contributed by atoms with E-state index in [2.05, 4.69) is 20.4 Å². The summed E-state index contributed by atoms with van der Waals surface area (Å²) in [5, 5.41) is 29.7. The molecular formula is C27H37Cl2N7O3. The van der Waals surface area contributed by atoms with Crippen LogP contribution in [0.2, 0.25) is 10.2 Å². The van der Waals surface area contributed by atoms with Gasteiger partial charge in [-0.2, -0.15) is 5.10 Å². The van der Waals surface area contributed by atoms with E-state index in [-0.39, 0.29) is 5.41 Å². The lowest BCUT2D eigenvalue weighted by Gasteiger charge is -2.40. The monoisotopic (exact) mass is 577 g/mol. The van der Waals surface area contributed by atoms with Crippen molar-refractivity contribution in [1.29, 1.82) is 0 Å². The molecule has 3 aromatic rings. The number of aliphatic hydroxyl groups is 1. The molecule has 1 atom stereocenters. The lowest BCUT2D eigenvalue weighted by atomic mass is 9.73. The van der Waals surface area contributed by atoms with E-state index in [1.54, 1.807) is 30.3 Å². The van der Waals surface area contributed by atoms with Crippen LogP contribution in [-0.4, -0.2) is 53.9 Å². The summed E-state index contributed by atoms with van der Waals surface area (Å²) >= 11 is 11.6. The molecule has 1 aromatic carbocycles. The molecule has 0 bridgehead atoms. The molecular weight excluding hydrogens is 541 g/mol. The van der Waals surface area contributed by atoms with E-state index in [9.17, 15) is 15.2 Å². The molecule has 0 aliphatic rings. The molecule has 0 spiro atoms. The first-order valence-electron chi connectivity index (χ1n) is 12.5. The van der Waals surface area contributed by atoms with E-state index in [0.29, 0.717) is 37.0 Å². The highest BCUT2D eigenvalue weighted by Gasteiger charge is 2.40. The van der Waals surface area contributed by atoms with Crippen LogP contribution in [0, 0.1) is 15.5 Å². The predicted molar refractivity (Wildman–Crippen MR) is 154 cm³/mol. The van der Waals surface area contributed by atoms with Crippen LogP contribution >= 0.6 is 23.2 Å². The van der Waals surface area contributed by atoms with Crippen molar-refractivity contribution in [1.82, 2.24) is 30.0 Å². The van der Waals surface area contributed by atoms with Gasteiger partial charge in [0.25, 0.3) is 6.20 Å². The maximum absolute atomic E-state index is 11.1. The number of nitrogens with one attached hydrogen (secondary N) is 1. The summed E-state index contributed by atoms with van der Waals surface area (Å²) in [5.41, 5.74) is 0.984. The zero-order valence-corrected chi connectivity index (χ0v) is 24.5. The summed E-state index contributed by atoms with van der Waals surface area (Å²) in [6.45, 7) is 9.67. The fourth-order valence-electron chi connectivity index (χ4n) is 3.77. The molecule has 2 heterocycles. The number of rotatable bonds is 11. The van der Waals surface area contributed by atoms with Crippen LogP contribution < -0.4 is 5.32 Å². The van der Waals surface area contributed by atoms with Gasteiger partial charge in [-0.25, -0.2) is 9.97 Å². The van der Waals surface area contributed by atoms with Gasteiger partial charge >= 0.3 is 0 Å². The molecule has 0 fully saturated rings. The molecule has 0 saturated carbocycles. The minimum Gasteiger partial charge on any atom is -0.387 e. The molecule has 1 unspecified atom stereocenters. The summed E-state index contributed by atoms with van der Waals surface area (Å²) in [5.74, 6) is 0.456. The SMILES string of the molecule is CC(C)(C)C(O)(CCc1ccc(Cl)cc1)Cn1cncn1.CCN(Cc1ccc(Cl)nc1)/C(=C/[N+](=O)[O-])NC. The molecule has 39 heavy (non-hydrogen) atoms. The van der Waals surface area contributed by atoms with Crippen LogP contribution in [0.25, 0.3) is 0 Å².